The van der Waals surface area contributed by atoms with E-state index < -0.39 is 17.8 Å². The number of rotatable bonds is 3. The van der Waals surface area contributed by atoms with Crippen molar-refractivity contribution in [2.45, 2.75) is 0 Å². The van der Waals surface area contributed by atoms with Crippen LogP contribution in [0.2, 0.25) is 0 Å². The first-order chi connectivity index (χ1) is 9.02. The van der Waals surface area contributed by atoms with Gasteiger partial charge in [0.05, 0.1) is 12.7 Å². The van der Waals surface area contributed by atoms with Gasteiger partial charge in [0.1, 0.15) is 10.7 Å². The van der Waals surface area contributed by atoms with Crippen LogP contribution in [0.25, 0.3) is 11.1 Å². The van der Waals surface area contributed by atoms with Crippen molar-refractivity contribution in [2.24, 2.45) is 0 Å². The number of aromatic carboxylic acids is 1. The molecule has 2 rings (SSSR count). The summed E-state index contributed by atoms with van der Waals surface area (Å²) in [5.41, 5.74) is 0.583. The van der Waals surface area contributed by atoms with Crippen LogP contribution in [0.1, 0.15) is 20.0 Å². The van der Waals surface area contributed by atoms with Crippen molar-refractivity contribution in [1.82, 2.24) is 0 Å². The van der Waals surface area contributed by atoms with Gasteiger partial charge in [0.25, 0.3) is 0 Å². The van der Waals surface area contributed by atoms with Gasteiger partial charge >= 0.3 is 11.9 Å². The molecule has 0 saturated carbocycles. The number of ether oxygens (including phenoxy) is 1. The molecule has 0 fully saturated rings. The van der Waals surface area contributed by atoms with Crippen LogP contribution in [0.4, 0.5) is 4.39 Å². The van der Waals surface area contributed by atoms with E-state index in [4.69, 9.17) is 5.11 Å². The lowest BCUT2D eigenvalue weighted by Crippen LogP contribution is -1.98. The zero-order chi connectivity index (χ0) is 14.0. The lowest BCUT2D eigenvalue weighted by atomic mass is 10.0. The Morgan fingerprint density at radius 2 is 2.05 bits per heavy atom. The number of methoxy groups -OCH3 is 1. The highest BCUT2D eigenvalue weighted by Crippen LogP contribution is 2.29. The average molecular weight is 280 g/mol. The maximum atomic E-state index is 13.7. The first-order valence-corrected chi connectivity index (χ1v) is 6.11. The van der Waals surface area contributed by atoms with Crippen LogP contribution in [0.15, 0.2) is 29.6 Å². The van der Waals surface area contributed by atoms with E-state index in [0.717, 1.165) is 17.4 Å². The molecule has 0 aliphatic heterocycles. The molecule has 1 N–H and O–H groups in total. The molecule has 1 aromatic carbocycles. The molecule has 0 saturated heterocycles. The van der Waals surface area contributed by atoms with E-state index in [1.54, 1.807) is 5.38 Å². The molecule has 0 spiro atoms. The largest absolute Gasteiger partial charge is 0.478 e. The third-order valence-corrected chi connectivity index (χ3v) is 3.42. The van der Waals surface area contributed by atoms with Crippen LogP contribution in [0.3, 0.4) is 0 Å². The zero-order valence-electron chi connectivity index (χ0n) is 9.84. The molecule has 6 heteroatoms. The summed E-state index contributed by atoms with van der Waals surface area (Å²) in [7, 11) is 1.26. The van der Waals surface area contributed by atoms with Crippen LogP contribution < -0.4 is 0 Å². The van der Waals surface area contributed by atoms with E-state index in [0.29, 0.717) is 10.4 Å². The van der Waals surface area contributed by atoms with Gasteiger partial charge in [-0.2, -0.15) is 0 Å². The molecule has 0 aliphatic carbocycles. The van der Waals surface area contributed by atoms with E-state index >= 15 is 0 Å². The number of carboxylic acid groups (broad SMARTS) is 1. The Kier molecular flexibility index (Phi) is 3.62. The molecule has 0 amide bonds. The standard InChI is InChI=1S/C13H9FO4S/c1-18-13(17)11-5-8(6-19-11)9-4-7(12(15)16)2-3-10(9)14/h2-6H,1H3,(H,15,16). The molecular weight excluding hydrogens is 271 g/mol. The normalized spacial score (nSPS) is 10.2. The molecule has 4 nitrogen and oxygen atoms in total. The van der Waals surface area contributed by atoms with E-state index in [9.17, 15) is 14.0 Å². The number of carbonyl (C=O) groups excluding carboxylic acids is 1. The minimum Gasteiger partial charge on any atom is -0.478 e. The number of hydrogen-bond acceptors (Lipinski definition) is 4. The fraction of sp³-hybridized carbons (Fsp3) is 0.0769. The van der Waals surface area contributed by atoms with Crippen LogP contribution in [0.5, 0.6) is 0 Å². The van der Waals surface area contributed by atoms with Crippen LogP contribution in [-0.4, -0.2) is 24.2 Å². The highest BCUT2D eigenvalue weighted by Gasteiger charge is 2.14. The van der Waals surface area contributed by atoms with Crippen molar-refractivity contribution in [3.63, 3.8) is 0 Å². The first-order valence-electron chi connectivity index (χ1n) is 5.23. The summed E-state index contributed by atoms with van der Waals surface area (Å²) < 4.78 is 18.3. The molecule has 1 heterocycles. The molecule has 0 unspecified atom stereocenters. The van der Waals surface area contributed by atoms with Crippen LogP contribution in [-0.2, 0) is 4.74 Å². The van der Waals surface area contributed by atoms with Crippen molar-refractivity contribution < 1.29 is 23.8 Å². The van der Waals surface area contributed by atoms with E-state index in [-0.39, 0.29) is 11.1 Å². The monoisotopic (exact) mass is 280 g/mol. The molecule has 0 atom stereocenters. The molecule has 0 aliphatic rings. The lowest BCUT2D eigenvalue weighted by molar-refractivity contribution is 0.0605. The number of halogens is 1. The number of benzene rings is 1. The number of carboxylic acids is 1. The van der Waals surface area contributed by atoms with Crippen molar-refractivity contribution >= 4 is 23.3 Å². The minimum atomic E-state index is -1.13. The number of carbonyl (C=O) groups is 2. The predicted octanol–water partition coefficient (Wildman–Crippen LogP) is 3.04. The molecular formula is C13H9FO4S. The minimum absolute atomic E-state index is 0.0118. The Balaban J connectivity index is 2.46. The Labute approximate surface area is 112 Å². The number of esters is 1. The topological polar surface area (TPSA) is 63.6 Å². The summed E-state index contributed by atoms with van der Waals surface area (Å²) in [5.74, 6) is -2.19. The fourth-order valence-corrected chi connectivity index (χ4v) is 2.39. The number of thiophene rings is 1. The Morgan fingerprint density at radius 3 is 2.68 bits per heavy atom. The Morgan fingerprint density at radius 1 is 1.32 bits per heavy atom. The van der Waals surface area contributed by atoms with Crippen LogP contribution >= 0.6 is 11.3 Å². The third-order valence-electron chi connectivity index (χ3n) is 2.51. The van der Waals surface area contributed by atoms with Crippen molar-refractivity contribution in [3.05, 3.63) is 45.9 Å². The second kappa shape index (κ2) is 5.19. The quantitative estimate of drug-likeness (QED) is 0.878. The third kappa shape index (κ3) is 2.63. The highest BCUT2D eigenvalue weighted by atomic mass is 32.1. The molecule has 98 valence electrons. The van der Waals surface area contributed by atoms with Crippen LogP contribution in [0, 0.1) is 5.82 Å². The molecule has 0 bridgehead atoms. The second-order valence-electron chi connectivity index (χ2n) is 3.69. The smallest absolute Gasteiger partial charge is 0.348 e. The average Bonchev–Trinajstić information content (AvgIpc) is 2.87. The Bertz CT molecular complexity index is 648. The lowest BCUT2D eigenvalue weighted by Gasteiger charge is -2.02. The van der Waals surface area contributed by atoms with Gasteiger partial charge in [-0.25, -0.2) is 14.0 Å². The molecule has 0 radical (unpaired) electrons. The van der Waals surface area contributed by atoms with Gasteiger partial charge in [0, 0.05) is 5.56 Å². The molecule has 19 heavy (non-hydrogen) atoms. The van der Waals surface area contributed by atoms with Gasteiger partial charge in [-0.15, -0.1) is 11.3 Å². The van der Waals surface area contributed by atoms with E-state index in [1.807, 2.05) is 0 Å². The van der Waals surface area contributed by atoms with Crippen molar-refractivity contribution in [1.29, 1.82) is 0 Å². The van der Waals surface area contributed by atoms with Crippen molar-refractivity contribution in [3.8, 4) is 11.1 Å². The van der Waals surface area contributed by atoms with Gasteiger partial charge in [0.15, 0.2) is 0 Å². The molecule has 1 aromatic heterocycles. The van der Waals surface area contributed by atoms with Crippen molar-refractivity contribution in [2.75, 3.05) is 7.11 Å². The van der Waals surface area contributed by atoms with E-state index in [2.05, 4.69) is 4.74 Å². The van der Waals surface area contributed by atoms with Gasteiger partial charge in [-0.3, -0.25) is 0 Å². The zero-order valence-corrected chi connectivity index (χ0v) is 10.7. The van der Waals surface area contributed by atoms with Gasteiger partial charge < -0.3 is 9.84 Å². The van der Waals surface area contributed by atoms with E-state index in [1.165, 1.54) is 25.3 Å². The maximum Gasteiger partial charge on any atom is 0.348 e. The summed E-state index contributed by atoms with van der Waals surface area (Å²) in [5, 5.41) is 10.5. The highest BCUT2D eigenvalue weighted by molar-refractivity contribution is 7.12. The van der Waals surface area contributed by atoms with Gasteiger partial charge in [-0.05, 0) is 35.2 Å². The number of hydrogen-bond donors (Lipinski definition) is 1. The summed E-state index contributed by atoms with van der Waals surface area (Å²) in [6, 6.07) is 4.99. The van der Waals surface area contributed by atoms with Gasteiger partial charge in [-0.1, -0.05) is 0 Å². The summed E-state index contributed by atoms with van der Waals surface area (Å²) in [4.78, 5) is 22.5. The SMILES string of the molecule is COC(=O)c1cc(-c2cc(C(=O)O)ccc2F)cs1. The summed E-state index contributed by atoms with van der Waals surface area (Å²) >= 11 is 1.11. The second-order valence-corrected chi connectivity index (χ2v) is 4.60. The maximum absolute atomic E-state index is 13.7. The summed E-state index contributed by atoms with van der Waals surface area (Å²) in [6.45, 7) is 0. The first kappa shape index (κ1) is 13.2. The van der Waals surface area contributed by atoms with Gasteiger partial charge in [0.2, 0.25) is 0 Å². The fourth-order valence-electron chi connectivity index (χ4n) is 1.56. The molecule has 2 aromatic rings. The predicted molar refractivity (Wildman–Crippen MR) is 68.0 cm³/mol. The Hall–Kier alpha value is -2.21. The summed E-state index contributed by atoms with van der Waals surface area (Å²) in [6.07, 6.45) is 0.